The summed E-state index contributed by atoms with van der Waals surface area (Å²) < 4.78 is 5.07. The quantitative estimate of drug-likeness (QED) is 0.409. The van der Waals surface area contributed by atoms with Crippen molar-refractivity contribution in [2.45, 2.75) is 0 Å². The van der Waals surface area contributed by atoms with Crippen LogP contribution in [0.2, 0.25) is 0 Å². The third-order valence-corrected chi connectivity index (χ3v) is 2.27. The molecule has 0 bridgehead atoms. The van der Waals surface area contributed by atoms with Crippen molar-refractivity contribution in [2.75, 3.05) is 13.7 Å². The Morgan fingerprint density at radius 3 is 2.74 bits per heavy atom. The molecule has 0 fully saturated rings. The molecular formula is C10H12N4O4S. The summed E-state index contributed by atoms with van der Waals surface area (Å²) in [5.41, 5.74) is 4.48. The highest BCUT2D eigenvalue weighted by Gasteiger charge is 2.14. The normalized spacial score (nSPS) is 9.32. The molecule has 1 amide bonds. The predicted octanol–water partition coefficient (Wildman–Crippen LogP) is 0.0987. The van der Waals surface area contributed by atoms with Gasteiger partial charge in [0.15, 0.2) is 17.5 Å². The molecule has 0 radical (unpaired) electrons. The van der Waals surface area contributed by atoms with Gasteiger partial charge in [0.2, 0.25) is 0 Å². The highest BCUT2D eigenvalue weighted by Crippen LogP contribution is 2.25. The van der Waals surface area contributed by atoms with E-state index < -0.39 is 10.8 Å². The Morgan fingerprint density at radius 2 is 2.11 bits per heavy atom. The molecule has 0 aliphatic heterocycles. The van der Waals surface area contributed by atoms with Crippen molar-refractivity contribution in [1.29, 1.82) is 0 Å². The summed E-state index contributed by atoms with van der Waals surface area (Å²) in [6.07, 6.45) is 0. The number of hydrogen-bond donors (Lipinski definition) is 3. The van der Waals surface area contributed by atoms with Crippen LogP contribution in [0.25, 0.3) is 0 Å². The molecule has 8 nitrogen and oxygen atoms in total. The van der Waals surface area contributed by atoms with Gasteiger partial charge in [-0.05, 0) is 18.3 Å². The van der Waals surface area contributed by atoms with Gasteiger partial charge in [-0.1, -0.05) is 12.1 Å². The number of benzene rings is 1. The van der Waals surface area contributed by atoms with Crippen LogP contribution in [0.4, 0.5) is 5.69 Å². The fraction of sp³-hybridized carbons (Fsp3) is 0.200. The Labute approximate surface area is 114 Å². The Kier molecular flexibility index (Phi) is 5.48. The first-order valence-corrected chi connectivity index (χ1v) is 5.58. The maximum absolute atomic E-state index is 11.4. The van der Waals surface area contributed by atoms with Crippen LogP contribution >= 0.6 is 12.2 Å². The van der Waals surface area contributed by atoms with Gasteiger partial charge in [0.25, 0.3) is 5.91 Å². The van der Waals surface area contributed by atoms with Gasteiger partial charge in [0, 0.05) is 13.1 Å². The SMILES string of the molecule is CNC(=S)NNC(=O)COc1ccccc1[N+](=O)[O-]. The molecule has 0 aliphatic carbocycles. The summed E-state index contributed by atoms with van der Waals surface area (Å²) in [4.78, 5) is 21.5. The van der Waals surface area contributed by atoms with E-state index in [-0.39, 0.29) is 23.2 Å². The van der Waals surface area contributed by atoms with E-state index in [2.05, 4.69) is 16.2 Å². The van der Waals surface area contributed by atoms with E-state index >= 15 is 0 Å². The maximum Gasteiger partial charge on any atom is 0.310 e. The summed E-state index contributed by atoms with van der Waals surface area (Å²) in [5.74, 6) is -0.491. The van der Waals surface area contributed by atoms with Crippen LogP contribution in [0.15, 0.2) is 24.3 Å². The minimum Gasteiger partial charge on any atom is -0.477 e. The van der Waals surface area contributed by atoms with E-state index in [1.807, 2.05) is 0 Å². The minimum atomic E-state index is -0.582. The summed E-state index contributed by atoms with van der Waals surface area (Å²) >= 11 is 4.74. The van der Waals surface area contributed by atoms with Gasteiger partial charge in [-0.15, -0.1) is 0 Å². The van der Waals surface area contributed by atoms with Crippen molar-refractivity contribution in [3.63, 3.8) is 0 Å². The van der Waals surface area contributed by atoms with E-state index in [1.165, 1.54) is 18.2 Å². The lowest BCUT2D eigenvalue weighted by atomic mass is 10.3. The Bertz CT molecular complexity index is 494. The number of carbonyl (C=O) groups excluding carboxylic acids is 1. The first-order valence-electron chi connectivity index (χ1n) is 5.17. The number of nitrogens with zero attached hydrogens (tertiary/aromatic N) is 1. The van der Waals surface area contributed by atoms with Gasteiger partial charge >= 0.3 is 5.69 Å². The van der Waals surface area contributed by atoms with Crippen molar-refractivity contribution in [3.8, 4) is 5.75 Å². The first kappa shape index (κ1) is 14.6. The first-order chi connectivity index (χ1) is 9.04. The number of carbonyl (C=O) groups is 1. The average Bonchev–Trinajstić information content (AvgIpc) is 2.42. The van der Waals surface area contributed by atoms with Crippen molar-refractivity contribution in [1.82, 2.24) is 16.2 Å². The molecule has 0 atom stereocenters. The van der Waals surface area contributed by atoms with Crippen LogP contribution in [0, 0.1) is 10.1 Å². The topological polar surface area (TPSA) is 106 Å². The van der Waals surface area contributed by atoms with Crippen LogP contribution in [0.1, 0.15) is 0 Å². The van der Waals surface area contributed by atoms with Gasteiger partial charge in [0.1, 0.15) is 0 Å². The Balaban J connectivity index is 2.51. The maximum atomic E-state index is 11.4. The lowest BCUT2D eigenvalue weighted by molar-refractivity contribution is -0.385. The van der Waals surface area contributed by atoms with Gasteiger partial charge in [-0.25, -0.2) is 0 Å². The van der Waals surface area contributed by atoms with E-state index in [9.17, 15) is 14.9 Å². The fourth-order valence-electron chi connectivity index (χ4n) is 1.10. The fourth-order valence-corrected chi connectivity index (χ4v) is 1.15. The number of nitro groups is 1. The van der Waals surface area contributed by atoms with Gasteiger partial charge in [0.05, 0.1) is 4.92 Å². The number of thiocarbonyl (C=S) groups is 1. The zero-order valence-electron chi connectivity index (χ0n) is 10.0. The molecule has 0 spiro atoms. The molecule has 9 heteroatoms. The number of rotatable bonds is 4. The average molecular weight is 284 g/mol. The second-order valence-electron chi connectivity index (χ2n) is 3.27. The Hall–Kier alpha value is -2.42. The molecule has 102 valence electrons. The summed E-state index contributed by atoms with van der Waals surface area (Å²) in [7, 11) is 1.59. The number of amides is 1. The number of para-hydroxylation sites is 2. The molecule has 19 heavy (non-hydrogen) atoms. The van der Waals surface area contributed by atoms with Crippen molar-refractivity contribution >= 4 is 28.9 Å². The Morgan fingerprint density at radius 1 is 1.42 bits per heavy atom. The molecular weight excluding hydrogens is 272 g/mol. The highest BCUT2D eigenvalue weighted by molar-refractivity contribution is 7.80. The second kappa shape index (κ2) is 7.11. The molecule has 0 aromatic heterocycles. The van der Waals surface area contributed by atoms with Crippen LogP contribution in [-0.2, 0) is 4.79 Å². The van der Waals surface area contributed by atoms with Gasteiger partial charge < -0.3 is 10.1 Å². The van der Waals surface area contributed by atoms with Crippen molar-refractivity contribution < 1.29 is 14.5 Å². The van der Waals surface area contributed by atoms with Crippen LogP contribution in [0.3, 0.4) is 0 Å². The molecule has 3 N–H and O–H groups in total. The number of nitrogens with one attached hydrogen (secondary N) is 3. The predicted molar refractivity (Wildman–Crippen MR) is 71.5 cm³/mol. The molecule has 0 saturated heterocycles. The lowest BCUT2D eigenvalue weighted by Gasteiger charge is -2.09. The number of ether oxygens (including phenoxy) is 1. The number of hydrogen-bond acceptors (Lipinski definition) is 5. The number of hydrazine groups is 1. The molecule has 0 unspecified atom stereocenters. The van der Waals surface area contributed by atoms with E-state index in [0.29, 0.717) is 0 Å². The van der Waals surface area contributed by atoms with E-state index in [1.54, 1.807) is 13.1 Å². The van der Waals surface area contributed by atoms with Crippen LogP contribution in [0.5, 0.6) is 5.75 Å². The molecule has 0 saturated carbocycles. The van der Waals surface area contributed by atoms with Crippen LogP contribution < -0.4 is 20.9 Å². The van der Waals surface area contributed by atoms with Crippen molar-refractivity contribution in [2.24, 2.45) is 0 Å². The van der Waals surface area contributed by atoms with Crippen LogP contribution in [-0.4, -0.2) is 29.6 Å². The zero-order chi connectivity index (χ0) is 14.3. The summed E-state index contributed by atoms with van der Waals surface area (Å²) in [6.45, 7) is -0.371. The number of nitro benzene ring substituents is 1. The van der Waals surface area contributed by atoms with Gasteiger partial charge in [-0.3, -0.25) is 25.8 Å². The molecule has 1 aromatic rings. The monoisotopic (exact) mass is 284 g/mol. The standard InChI is InChI=1S/C10H12N4O4S/c1-11-10(19)13-12-9(15)6-18-8-5-3-2-4-7(8)14(16)17/h2-5H,6H2,1H3,(H,12,15)(H2,11,13,19). The van der Waals surface area contributed by atoms with E-state index in [0.717, 1.165) is 0 Å². The summed E-state index contributed by atoms with van der Waals surface area (Å²) in [5, 5.41) is 13.5. The largest absolute Gasteiger partial charge is 0.477 e. The van der Waals surface area contributed by atoms with Crippen molar-refractivity contribution in [3.05, 3.63) is 34.4 Å². The minimum absolute atomic E-state index is 0.0267. The third-order valence-electron chi connectivity index (χ3n) is 1.96. The molecule has 0 heterocycles. The highest BCUT2D eigenvalue weighted by atomic mass is 32.1. The zero-order valence-corrected chi connectivity index (χ0v) is 10.8. The molecule has 1 rings (SSSR count). The summed E-state index contributed by atoms with van der Waals surface area (Å²) in [6, 6.07) is 5.80. The van der Waals surface area contributed by atoms with E-state index in [4.69, 9.17) is 17.0 Å². The second-order valence-corrected chi connectivity index (χ2v) is 3.67. The molecule has 1 aromatic carbocycles. The lowest BCUT2D eigenvalue weighted by Crippen LogP contribution is -2.47. The molecule has 0 aliphatic rings. The van der Waals surface area contributed by atoms with Gasteiger partial charge in [-0.2, -0.15) is 0 Å². The smallest absolute Gasteiger partial charge is 0.310 e. The third kappa shape index (κ3) is 4.76.